The van der Waals surface area contributed by atoms with Crippen LogP contribution in [0.5, 0.6) is 0 Å². The van der Waals surface area contributed by atoms with Crippen LogP contribution >= 0.6 is 0 Å². The van der Waals surface area contributed by atoms with Crippen LogP contribution in [0.1, 0.15) is 36.7 Å². The van der Waals surface area contributed by atoms with Crippen molar-refractivity contribution in [3.05, 3.63) is 59.7 Å². The fourth-order valence-electron chi connectivity index (χ4n) is 4.48. The Morgan fingerprint density at radius 2 is 1.71 bits per heavy atom. The summed E-state index contributed by atoms with van der Waals surface area (Å²) in [6.45, 7) is 6.61. The third kappa shape index (κ3) is 4.61. The van der Waals surface area contributed by atoms with Crippen LogP contribution in [0.25, 0.3) is 33.9 Å². The van der Waals surface area contributed by atoms with Crippen LogP contribution in [0.4, 0.5) is 19.0 Å². The van der Waals surface area contributed by atoms with Gasteiger partial charge < -0.3 is 9.47 Å². The van der Waals surface area contributed by atoms with Gasteiger partial charge >= 0.3 is 6.18 Å². The summed E-state index contributed by atoms with van der Waals surface area (Å²) in [5.41, 5.74) is 3.88. The summed E-state index contributed by atoms with van der Waals surface area (Å²) in [6, 6.07) is 7.45. The van der Waals surface area contributed by atoms with Gasteiger partial charge in [-0.05, 0) is 31.9 Å². The first kappa shape index (κ1) is 25.4. The van der Waals surface area contributed by atoms with Gasteiger partial charge in [0.1, 0.15) is 17.0 Å². The van der Waals surface area contributed by atoms with Gasteiger partial charge in [-0.2, -0.15) is 23.4 Å². The topological polar surface area (TPSA) is 82.5 Å². The lowest BCUT2D eigenvalue weighted by Crippen LogP contribution is -2.19. The summed E-state index contributed by atoms with van der Waals surface area (Å²) < 4.78 is 44.2. The second-order valence-corrected chi connectivity index (χ2v) is 9.73. The maximum atomic E-state index is 13.1. The highest BCUT2D eigenvalue weighted by Gasteiger charge is 2.34. The highest BCUT2D eigenvalue weighted by Crippen LogP contribution is 2.32. The summed E-state index contributed by atoms with van der Waals surface area (Å²) in [6.07, 6.45) is 0.183. The first-order valence-corrected chi connectivity index (χ1v) is 12.1. The van der Waals surface area contributed by atoms with Crippen molar-refractivity contribution in [2.75, 3.05) is 11.9 Å². The molecule has 0 spiro atoms. The van der Waals surface area contributed by atoms with E-state index in [0.717, 1.165) is 28.5 Å². The van der Waals surface area contributed by atoms with Crippen LogP contribution in [0.3, 0.4) is 0 Å². The standard InChI is InChI=1S/C26H28F3N9/c1-15(2)38-22(16(3)11-30-38)23-31-19-13-37(6)34-21(19)25(33-23)35(4)12-17-7-9-18(10-8-17)24-32-20(14-36(24)5)26(27,28)29/h7-11,13-15H,12H2,1-6H3. The van der Waals surface area contributed by atoms with E-state index in [-0.39, 0.29) is 11.9 Å². The molecule has 4 aromatic heterocycles. The minimum Gasteiger partial charge on any atom is -0.353 e. The van der Waals surface area contributed by atoms with E-state index in [0.29, 0.717) is 29.3 Å². The number of hydrogen-bond donors (Lipinski definition) is 0. The van der Waals surface area contributed by atoms with Gasteiger partial charge in [0, 0.05) is 45.5 Å². The van der Waals surface area contributed by atoms with Gasteiger partial charge in [0.05, 0.1) is 12.4 Å². The van der Waals surface area contributed by atoms with Crippen molar-refractivity contribution >= 4 is 16.9 Å². The normalized spacial score (nSPS) is 12.2. The summed E-state index contributed by atoms with van der Waals surface area (Å²) >= 11 is 0. The molecular weight excluding hydrogens is 495 g/mol. The van der Waals surface area contributed by atoms with E-state index in [9.17, 15) is 13.2 Å². The van der Waals surface area contributed by atoms with E-state index >= 15 is 0 Å². The Labute approximate surface area is 217 Å². The Kier molecular flexibility index (Phi) is 6.20. The molecule has 0 amide bonds. The number of hydrogen-bond acceptors (Lipinski definition) is 6. The zero-order valence-electron chi connectivity index (χ0n) is 22.0. The van der Waals surface area contributed by atoms with Crippen LogP contribution in [-0.4, -0.2) is 46.1 Å². The number of aromatic nitrogens is 8. The van der Waals surface area contributed by atoms with Crippen molar-refractivity contribution in [2.24, 2.45) is 14.1 Å². The molecule has 0 aliphatic carbocycles. The number of anilines is 1. The Morgan fingerprint density at radius 3 is 2.34 bits per heavy atom. The van der Waals surface area contributed by atoms with E-state index in [1.54, 1.807) is 23.9 Å². The Morgan fingerprint density at radius 1 is 1.00 bits per heavy atom. The Balaban J connectivity index is 1.47. The molecule has 0 aliphatic rings. The van der Waals surface area contributed by atoms with E-state index < -0.39 is 11.9 Å². The first-order chi connectivity index (χ1) is 17.9. The average Bonchev–Trinajstić information content (AvgIpc) is 3.54. The molecule has 12 heteroatoms. The molecule has 1 aromatic carbocycles. The molecule has 198 valence electrons. The van der Waals surface area contributed by atoms with Gasteiger partial charge in [-0.25, -0.2) is 15.0 Å². The summed E-state index contributed by atoms with van der Waals surface area (Å²) in [7, 11) is 5.32. The molecule has 5 rings (SSSR count). The minimum atomic E-state index is -4.49. The quantitative estimate of drug-likeness (QED) is 0.305. The number of aryl methyl sites for hydroxylation is 3. The third-order valence-corrected chi connectivity index (χ3v) is 6.30. The van der Waals surface area contributed by atoms with Crippen molar-refractivity contribution in [3.8, 4) is 22.9 Å². The number of halogens is 3. The Hall–Kier alpha value is -4.22. The smallest absolute Gasteiger partial charge is 0.353 e. The highest BCUT2D eigenvalue weighted by atomic mass is 19.4. The molecule has 0 aliphatic heterocycles. The maximum Gasteiger partial charge on any atom is 0.434 e. The average molecular weight is 524 g/mol. The molecule has 4 heterocycles. The molecule has 9 nitrogen and oxygen atoms in total. The van der Waals surface area contributed by atoms with Crippen LogP contribution in [0.2, 0.25) is 0 Å². The fraction of sp³-hybridized carbons (Fsp3) is 0.346. The van der Waals surface area contributed by atoms with E-state index in [2.05, 4.69) is 29.0 Å². The summed E-state index contributed by atoms with van der Waals surface area (Å²) in [4.78, 5) is 15.5. The third-order valence-electron chi connectivity index (χ3n) is 6.30. The van der Waals surface area contributed by atoms with E-state index in [4.69, 9.17) is 9.97 Å². The number of alkyl halides is 3. The lowest BCUT2D eigenvalue weighted by molar-refractivity contribution is -0.140. The molecule has 0 saturated heterocycles. The first-order valence-electron chi connectivity index (χ1n) is 12.1. The van der Waals surface area contributed by atoms with Crippen molar-refractivity contribution in [1.29, 1.82) is 0 Å². The Bertz CT molecular complexity index is 1610. The predicted molar refractivity (Wildman–Crippen MR) is 138 cm³/mol. The van der Waals surface area contributed by atoms with Gasteiger partial charge in [-0.15, -0.1) is 0 Å². The molecule has 38 heavy (non-hydrogen) atoms. The minimum absolute atomic E-state index is 0.137. The number of benzene rings is 1. The predicted octanol–water partition coefficient (Wildman–Crippen LogP) is 5.17. The van der Waals surface area contributed by atoms with Gasteiger partial charge in [0.15, 0.2) is 22.9 Å². The highest BCUT2D eigenvalue weighted by molar-refractivity contribution is 5.87. The lowest BCUT2D eigenvalue weighted by atomic mass is 10.1. The van der Waals surface area contributed by atoms with Gasteiger partial charge in [-0.1, -0.05) is 24.3 Å². The van der Waals surface area contributed by atoms with Crippen LogP contribution in [-0.2, 0) is 26.8 Å². The SMILES string of the molecule is Cc1cnn(C(C)C)c1-c1nc(N(C)Cc2ccc(-c3nc(C(F)(F)F)cn3C)cc2)c2nn(C)cc2n1. The molecule has 0 fully saturated rings. The van der Waals surface area contributed by atoms with Crippen molar-refractivity contribution < 1.29 is 13.2 Å². The molecule has 0 atom stereocenters. The molecular formula is C26H28F3N9. The van der Waals surface area contributed by atoms with Crippen LogP contribution in [0.15, 0.2) is 42.9 Å². The largest absolute Gasteiger partial charge is 0.434 e. The van der Waals surface area contributed by atoms with Gasteiger partial charge in [0.25, 0.3) is 0 Å². The second-order valence-electron chi connectivity index (χ2n) is 9.73. The summed E-state index contributed by atoms with van der Waals surface area (Å²) in [5, 5.41) is 9.09. The molecule has 5 aromatic rings. The maximum absolute atomic E-state index is 13.1. The molecule has 0 unspecified atom stereocenters. The zero-order valence-corrected chi connectivity index (χ0v) is 22.0. The monoisotopic (exact) mass is 523 g/mol. The number of fused-ring (bicyclic) bond motifs is 1. The number of imidazole rings is 1. The number of nitrogens with zero attached hydrogens (tertiary/aromatic N) is 9. The number of rotatable bonds is 6. The summed E-state index contributed by atoms with van der Waals surface area (Å²) in [5.74, 6) is 1.50. The molecule has 0 N–H and O–H groups in total. The van der Waals surface area contributed by atoms with E-state index in [1.807, 2.05) is 55.1 Å². The van der Waals surface area contributed by atoms with Crippen LogP contribution in [0, 0.1) is 6.92 Å². The van der Waals surface area contributed by atoms with Crippen LogP contribution < -0.4 is 4.90 Å². The molecule has 0 bridgehead atoms. The zero-order chi connectivity index (χ0) is 27.4. The fourth-order valence-corrected chi connectivity index (χ4v) is 4.48. The second kappa shape index (κ2) is 9.26. The lowest BCUT2D eigenvalue weighted by Gasteiger charge is -2.20. The van der Waals surface area contributed by atoms with Crippen molar-refractivity contribution in [2.45, 2.75) is 39.5 Å². The molecule has 0 saturated carbocycles. The van der Waals surface area contributed by atoms with Gasteiger partial charge in [0.2, 0.25) is 0 Å². The van der Waals surface area contributed by atoms with E-state index in [1.165, 1.54) is 4.57 Å². The van der Waals surface area contributed by atoms with Gasteiger partial charge in [-0.3, -0.25) is 9.36 Å². The van der Waals surface area contributed by atoms with Crippen molar-refractivity contribution in [3.63, 3.8) is 0 Å². The van der Waals surface area contributed by atoms with Crippen molar-refractivity contribution in [1.82, 2.24) is 39.1 Å². The molecule has 0 radical (unpaired) electrons.